The Labute approximate surface area is 83.3 Å². The quantitative estimate of drug-likeness (QED) is 0.383. The van der Waals surface area contributed by atoms with Crippen LogP contribution in [0.3, 0.4) is 0 Å². The number of carboxylic acid groups (broad SMARTS) is 1. The second-order valence-electron chi connectivity index (χ2n) is 3.48. The maximum Gasteiger partial charge on any atom is 0.308 e. The number of hydroxylamine groups is 2. The van der Waals surface area contributed by atoms with Gasteiger partial charge in [-0.05, 0) is 12.8 Å². The molecule has 0 rings (SSSR count). The smallest absolute Gasteiger partial charge is 0.308 e. The van der Waals surface area contributed by atoms with E-state index in [0.717, 1.165) is 0 Å². The summed E-state index contributed by atoms with van der Waals surface area (Å²) >= 11 is 0. The molecule has 0 aliphatic rings. The van der Waals surface area contributed by atoms with Crippen LogP contribution in [0.5, 0.6) is 0 Å². The van der Waals surface area contributed by atoms with E-state index in [1.54, 1.807) is 6.92 Å². The third-order valence-corrected chi connectivity index (χ3v) is 2.59. The van der Waals surface area contributed by atoms with Crippen molar-refractivity contribution in [1.29, 1.82) is 0 Å². The summed E-state index contributed by atoms with van der Waals surface area (Å²) in [4.78, 5) is 21.2. The molecule has 82 valence electrons. The van der Waals surface area contributed by atoms with E-state index in [2.05, 4.69) is 0 Å². The summed E-state index contributed by atoms with van der Waals surface area (Å²) in [6.07, 6.45) is 0.914. The lowest BCUT2D eigenvalue weighted by Crippen LogP contribution is -2.42. The largest absolute Gasteiger partial charge is 0.481 e. The normalized spacial score (nSPS) is 16.9. The molecule has 0 spiro atoms. The third-order valence-electron chi connectivity index (χ3n) is 2.59. The molecule has 1 amide bonds. The number of hydrogen-bond donors (Lipinski definition) is 2. The van der Waals surface area contributed by atoms with Gasteiger partial charge in [0, 0.05) is 0 Å². The Hall–Kier alpha value is -1.10. The summed E-state index contributed by atoms with van der Waals surface area (Å²) in [5.74, 6) is -1.82. The van der Waals surface area contributed by atoms with Gasteiger partial charge in [-0.2, -0.15) is 0 Å². The summed E-state index contributed by atoms with van der Waals surface area (Å²) < 4.78 is 0. The van der Waals surface area contributed by atoms with Crippen LogP contribution in [-0.4, -0.2) is 33.8 Å². The standard InChI is InChI=1S/C9H17NO4/c1-4-6(2)8(9(12)13)7(3)10(14)5-11/h5-8,14H,4H2,1-3H3,(H,12,13). The Bertz CT molecular complexity index is 207. The van der Waals surface area contributed by atoms with Crippen LogP contribution in [0.2, 0.25) is 0 Å². The van der Waals surface area contributed by atoms with Gasteiger partial charge in [-0.3, -0.25) is 14.8 Å². The highest BCUT2D eigenvalue weighted by molar-refractivity contribution is 5.71. The molecule has 0 radical (unpaired) electrons. The van der Waals surface area contributed by atoms with Crippen LogP contribution in [0.25, 0.3) is 0 Å². The highest BCUT2D eigenvalue weighted by atomic mass is 16.5. The zero-order valence-corrected chi connectivity index (χ0v) is 8.67. The Morgan fingerprint density at radius 2 is 2.00 bits per heavy atom. The van der Waals surface area contributed by atoms with E-state index in [1.165, 1.54) is 6.92 Å². The minimum absolute atomic E-state index is 0.0860. The van der Waals surface area contributed by atoms with Gasteiger partial charge >= 0.3 is 5.97 Å². The van der Waals surface area contributed by atoms with Gasteiger partial charge in [0.1, 0.15) is 0 Å². The van der Waals surface area contributed by atoms with Gasteiger partial charge in [0.15, 0.2) is 0 Å². The van der Waals surface area contributed by atoms with Crippen LogP contribution in [0.1, 0.15) is 27.2 Å². The van der Waals surface area contributed by atoms with Crippen molar-refractivity contribution in [3.63, 3.8) is 0 Å². The maximum absolute atomic E-state index is 10.9. The van der Waals surface area contributed by atoms with Gasteiger partial charge < -0.3 is 5.11 Å². The monoisotopic (exact) mass is 203 g/mol. The van der Waals surface area contributed by atoms with E-state index >= 15 is 0 Å². The highest BCUT2D eigenvalue weighted by Crippen LogP contribution is 2.21. The van der Waals surface area contributed by atoms with E-state index in [1.807, 2.05) is 6.92 Å². The van der Waals surface area contributed by atoms with Gasteiger partial charge in [-0.15, -0.1) is 0 Å². The van der Waals surface area contributed by atoms with Crippen molar-refractivity contribution in [2.75, 3.05) is 0 Å². The molecule has 2 N–H and O–H groups in total. The molecule has 0 fully saturated rings. The van der Waals surface area contributed by atoms with Crippen LogP contribution in [-0.2, 0) is 9.59 Å². The fraction of sp³-hybridized carbons (Fsp3) is 0.778. The fourth-order valence-corrected chi connectivity index (χ4v) is 1.44. The zero-order chi connectivity index (χ0) is 11.3. The average molecular weight is 203 g/mol. The summed E-state index contributed by atoms with van der Waals surface area (Å²) in [6, 6.07) is -0.708. The van der Waals surface area contributed by atoms with Gasteiger partial charge in [0.2, 0.25) is 6.41 Å². The van der Waals surface area contributed by atoms with Crippen molar-refractivity contribution < 1.29 is 19.9 Å². The molecule has 5 heteroatoms. The number of aliphatic carboxylic acids is 1. The number of carbonyl (C=O) groups excluding carboxylic acids is 1. The number of hydrogen-bond acceptors (Lipinski definition) is 3. The SMILES string of the molecule is CCC(C)C(C(=O)O)C(C)N(O)C=O. The number of carbonyl (C=O) groups is 2. The predicted octanol–water partition coefficient (Wildman–Crippen LogP) is 0.969. The topological polar surface area (TPSA) is 77.8 Å². The van der Waals surface area contributed by atoms with E-state index in [9.17, 15) is 9.59 Å². The van der Waals surface area contributed by atoms with Crippen LogP contribution in [0.4, 0.5) is 0 Å². The first-order valence-corrected chi connectivity index (χ1v) is 4.61. The average Bonchev–Trinajstić information content (AvgIpc) is 2.15. The molecule has 3 unspecified atom stereocenters. The maximum atomic E-state index is 10.9. The molecule has 0 aromatic heterocycles. The molecule has 0 aromatic rings. The van der Waals surface area contributed by atoms with Gasteiger partial charge in [0.05, 0.1) is 12.0 Å². The number of carboxylic acids is 1. The molecule has 0 saturated carbocycles. The molecule has 0 aliphatic heterocycles. The van der Waals surface area contributed by atoms with Crippen LogP contribution < -0.4 is 0 Å². The van der Waals surface area contributed by atoms with E-state index in [4.69, 9.17) is 10.3 Å². The summed E-state index contributed by atoms with van der Waals surface area (Å²) in [5, 5.41) is 18.4. The second-order valence-corrected chi connectivity index (χ2v) is 3.48. The van der Waals surface area contributed by atoms with Crippen molar-refractivity contribution in [2.45, 2.75) is 33.2 Å². The third kappa shape index (κ3) is 2.99. The Morgan fingerprint density at radius 1 is 1.50 bits per heavy atom. The molecule has 0 bridgehead atoms. The summed E-state index contributed by atoms with van der Waals surface area (Å²) in [6.45, 7) is 5.17. The molecule has 0 aliphatic carbocycles. The predicted molar refractivity (Wildman–Crippen MR) is 49.7 cm³/mol. The van der Waals surface area contributed by atoms with Gasteiger partial charge in [0.25, 0.3) is 0 Å². The Balaban J connectivity index is 4.64. The molecule has 0 saturated heterocycles. The number of nitrogens with zero attached hydrogens (tertiary/aromatic N) is 1. The first kappa shape index (κ1) is 12.9. The van der Waals surface area contributed by atoms with Gasteiger partial charge in [-0.1, -0.05) is 20.3 Å². The van der Waals surface area contributed by atoms with Crippen LogP contribution in [0, 0.1) is 11.8 Å². The molecular weight excluding hydrogens is 186 g/mol. The van der Waals surface area contributed by atoms with Gasteiger partial charge in [-0.25, -0.2) is 5.06 Å². The lowest BCUT2D eigenvalue weighted by molar-refractivity contribution is -0.172. The lowest BCUT2D eigenvalue weighted by atomic mass is 9.86. The van der Waals surface area contributed by atoms with Crippen LogP contribution >= 0.6 is 0 Å². The molecule has 14 heavy (non-hydrogen) atoms. The molecule has 0 heterocycles. The van der Waals surface area contributed by atoms with Crippen molar-refractivity contribution in [3.05, 3.63) is 0 Å². The summed E-state index contributed by atoms with van der Waals surface area (Å²) in [5.41, 5.74) is 0. The van der Waals surface area contributed by atoms with Crippen molar-refractivity contribution >= 4 is 12.4 Å². The van der Waals surface area contributed by atoms with Crippen molar-refractivity contribution in [2.24, 2.45) is 11.8 Å². The first-order chi connectivity index (χ1) is 6.45. The van der Waals surface area contributed by atoms with Crippen LogP contribution in [0.15, 0.2) is 0 Å². The highest BCUT2D eigenvalue weighted by Gasteiger charge is 2.32. The zero-order valence-electron chi connectivity index (χ0n) is 8.67. The minimum atomic E-state index is -0.993. The lowest BCUT2D eigenvalue weighted by Gasteiger charge is -2.28. The van der Waals surface area contributed by atoms with Crippen molar-refractivity contribution in [1.82, 2.24) is 5.06 Å². The van der Waals surface area contributed by atoms with E-state index in [-0.39, 0.29) is 12.3 Å². The van der Waals surface area contributed by atoms with Crippen molar-refractivity contribution in [3.8, 4) is 0 Å². The van der Waals surface area contributed by atoms with E-state index < -0.39 is 17.9 Å². The minimum Gasteiger partial charge on any atom is -0.481 e. The molecule has 3 atom stereocenters. The number of amides is 1. The molecule has 0 aromatic carbocycles. The second kappa shape index (κ2) is 5.59. The first-order valence-electron chi connectivity index (χ1n) is 4.61. The molecular formula is C9H17NO4. The Morgan fingerprint density at radius 3 is 2.29 bits per heavy atom. The van der Waals surface area contributed by atoms with E-state index in [0.29, 0.717) is 11.5 Å². The molecule has 5 nitrogen and oxygen atoms in total. The summed E-state index contributed by atoms with van der Waals surface area (Å²) in [7, 11) is 0. The fourth-order valence-electron chi connectivity index (χ4n) is 1.44. The number of rotatable bonds is 6. The Kier molecular flexibility index (Phi) is 5.15.